The predicted octanol–water partition coefficient (Wildman–Crippen LogP) is 1.90. The first-order valence-electron chi connectivity index (χ1n) is 5.24. The highest BCUT2D eigenvalue weighted by Gasteiger charge is 2.14. The van der Waals surface area contributed by atoms with Crippen LogP contribution in [0.2, 0.25) is 0 Å². The molecule has 0 saturated heterocycles. The van der Waals surface area contributed by atoms with Gasteiger partial charge in [0.05, 0.1) is 6.20 Å². The average molecular weight is 195 g/mol. The molecule has 0 radical (unpaired) electrons. The van der Waals surface area contributed by atoms with Crippen LogP contribution in [0.4, 0.5) is 0 Å². The molecule has 0 spiro atoms. The molecule has 14 heavy (non-hydrogen) atoms. The van der Waals surface area contributed by atoms with Gasteiger partial charge in [-0.1, -0.05) is 13.8 Å². The quantitative estimate of drug-likeness (QED) is 0.795. The molecule has 3 nitrogen and oxygen atoms in total. The molecule has 0 saturated carbocycles. The van der Waals surface area contributed by atoms with Crippen LogP contribution in [-0.4, -0.2) is 16.8 Å². The van der Waals surface area contributed by atoms with Gasteiger partial charge in [0.2, 0.25) is 0 Å². The van der Waals surface area contributed by atoms with Gasteiger partial charge in [-0.3, -0.25) is 4.68 Å². The Morgan fingerprint density at radius 2 is 2.07 bits per heavy atom. The summed E-state index contributed by atoms with van der Waals surface area (Å²) in [5.41, 5.74) is 2.67. The summed E-state index contributed by atoms with van der Waals surface area (Å²) in [6.07, 6.45) is 3.07. The van der Waals surface area contributed by atoms with Crippen LogP contribution in [0.1, 0.15) is 38.1 Å². The van der Waals surface area contributed by atoms with E-state index in [1.807, 2.05) is 25.0 Å². The maximum atomic E-state index is 4.32. The van der Waals surface area contributed by atoms with E-state index in [-0.39, 0.29) is 0 Å². The summed E-state index contributed by atoms with van der Waals surface area (Å²) < 4.78 is 1.99. The minimum Gasteiger partial charge on any atom is -0.313 e. The Morgan fingerprint density at radius 1 is 1.43 bits per heavy atom. The maximum absolute atomic E-state index is 4.32. The molecule has 1 aromatic rings. The van der Waals surface area contributed by atoms with E-state index in [0.717, 1.165) is 6.42 Å². The van der Waals surface area contributed by atoms with Crippen LogP contribution in [0.3, 0.4) is 0 Å². The van der Waals surface area contributed by atoms with Gasteiger partial charge < -0.3 is 5.32 Å². The summed E-state index contributed by atoms with van der Waals surface area (Å²) in [4.78, 5) is 0. The molecule has 1 aromatic heterocycles. The monoisotopic (exact) mass is 195 g/mol. The Hall–Kier alpha value is -0.830. The average Bonchev–Trinajstić information content (AvgIpc) is 2.46. The van der Waals surface area contributed by atoms with Crippen LogP contribution >= 0.6 is 0 Å². The summed E-state index contributed by atoms with van der Waals surface area (Å²) in [6, 6.07) is 0.387. The predicted molar refractivity (Wildman–Crippen MR) is 59.2 cm³/mol. The number of rotatable bonds is 4. The highest BCUT2D eigenvalue weighted by atomic mass is 15.3. The fraction of sp³-hybridized carbons (Fsp3) is 0.727. The number of nitrogens with one attached hydrogen (secondary N) is 1. The molecule has 1 rings (SSSR count). The second kappa shape index (κ2) is 4.60. The van der Waals surface area contributed by atoms with Crippen molar-refractivity contribution in [2.75, 3.05) is 7.05 Å². The summed E-state index contributed by atoms with van der Waals surface area (Å²) in [6.45, 7) is 6.64. The van der Waals surface area contributed by atoms with Crippen molar-refractivity contribution < 1.29 is 0 Å². The lowest BCUT2D eigenvalue weighted by molar-refractivity contribution is 0.575. The second-order valence-corrected chi connectivity index (χ2v) is 4.28. The van der Waals surface area contributed by atoms with Crippen LogP contribution in [0.15, 0.2) is 6.20 Å². The molecule has 0 aliphatic heterocycles. The van der Waals surface area contributed by atoms with Gasteiger partial charge in [-0.05, 0) is 26.3 Å². The standard InChI is InChI=1S/C11H21N3/c1-8(2)6-11-10(9(3)12-4)7-13-14(11)5/h7-9,12H,6H2,1-5H3. The van der Waals surface area contributed by atoms with Crippen molar-refractivity contribution in [3.05, 3.63) is 17.5 Å². The number of aromatic nitrogens is 2. The molecule has 0 aliphatic carbocycles. The number of hydrogen-bond acceptors (Lipinski definition) is 2. The molecule has 1 unspecified atom stereocenters. The molecule has 0 bridgehead atoms. The molecule has 80 valence electrons. The highest BCUT2D eigenvalue weighted by Crippen LogP contribution is 2.19. The van der Waals surface area contributed by atoms with Gasteiger partial charge in [0, 0.05) is 24.3 Å². The van der Waals surface area contributed by atoms with Gasteiger partial charge in [-0.15, -0.1) is 0 Å². The van der Waals surface area contributed by atoms with Gasteiger partial charge in [-0.2, -0.15) is 5.10 Å². The third-order valence-corrected chi connectivity index (χ3v) is 2.59. The van der Waals surface area contributed by atoms with Gasteiger partial charge in [-0.25, -0.2) is 0 Å². The van der Waals surface area contributed by atoms with Crippen molar-refractivity contribution in [2.45, 2.75) is 33.2 Å². The van der Waals surface area contributed by atoms with E-state index in [0.29, 0.717) is 12.0 Å². The van der Waals surface area contributed by atoms with Crippen LogP contribution in [0.25, 0.3) is 0 Å². The zero-order valence-corrected chi connectivity index (χ0v) is 9.83. The molecule has 3 heteroatoms. The number of aryl methyl sites for hydroxylation is 1. The first-order chi connectivity index (χ1) is 6.56. The van der Waals surface area contributed by atoms with Crippen molar-refractivity contribution in [3.63, 3.8) is 0 Å². The lowest BCUT2D eigenvalue weighted by atomic mass is 10.0. The maximum Gasteiger partial charge on any atom is 0.0540 e. The third kappa shape index (κ3) is 2.35. The summed E-state index contributed by atoms with van der Waals surface area (Å²) >= 11 is 0. The van der Waals surface area contributed by atoms with Crippen molar-refractivity contribution in [1.29, 1.82) is 0 Å². The topological polar surface area (TPSA) is 29.9 Å². The Balaban J connectivity index is 2.93. The number of nitrogens with zero attached hydrogens (tertiary/aromatic N) is 2. The fourth-order valence-electron chi connectivity index (χ4n) is 1.63. The van der Waals surface area contributed by atoms with E-state index in [1.165, 1.54) is 11.3 Å². The smallest absolute Gasteiger partial charge is 0.0540 e. The summed E-state index contributed by atoms with van der Waals surface area (Å²) in [5, 5.41) is 7.57. The van der Waals surface area contributed by atoms with Crippen molar-refractivity contribution in [2.24, 2.45) is 13.0 Å². The molecule has 1 heterocycles. The fourth-order valence-corrected chi connectivity index (χ4v) is 1.63. The minimum absolute atomic E-state index is 0.387. The van der Waals surface area contributed by atoms with E-state index in [9.17, 15) is 0 Å². The lowest BCUT2D eigenvalue weighted by Gasteiger charge is -2.13. The summed E-state index contributed by atoms with van der Waals surface area (Å²) in [7, 11) is 4.00. The van der Waals surface area contributed by atoms with Crippen LogP contribution in [-0.2, 0) is 13.5 Å². The molecule has 0 fully saturated rings. The van der Waals surface area contributed by atoms with Gasteiger partial charge >= 0.3 is 0 Å². The van der Waals surface area contributed by atoms with E-state index in [1.54, 1.807) is 0 Å². The van der Waals surface area contributed by atoms with Gasteiger partial charge in [0.25, 0.3) is 0 Å². The summed E-state index contributed by atoms with van der Waals surface area (Å²) in [5.74, 6) is 0.674. The Morgan fingerprint density at radius 3 is 2.57 bits per heavy atom. The normalized spacial score (nSPS) is 13.6. The Bertz CT molecular complexity index is 289. The van der Waals surface area contributed by atoms with E-state index in [4.69, 9.17) is 0 Å². The minimum atomic E-state index is 0.387. The zero-order valence-electron chi connectivity index (χ0n) is 9.83. The van der Waals surface area contributed by atoms with Gasteiger partial charge in [0.1, 0.15) is 0 Å². The number of hydrogen-bond donors (Lipinski definition) is 1. The molecule has 0 aliphatic rings. The van der Waals surface area contributed by atoms with E-state index >= 15 is 0 Å². The van der Waals surface area contributed by atoms with E-state index < -0.39 is 0 Å². The second-order valence-electron chi connectivity index (χ2n) is 4.28. The Labute approximate surface area is 86.5 Å². The SMILES string of the molecule is CNC(C)c1cnn(C)c1CC(C)C. The molecule has 0 amide bonds. The van der Waals surface area contributed by atoms with Crippen molar-refractivity contribution in [1.82, 2.24) is 15.1 Å². The van der Waals surface area contributed by atoms with Crippen molar-refractivity contribution in [3.8, 4) is 0 Å². The van der Waals surface area contributed by atoms with Crippen LogP contribution < -0.4 is 5.32 Å². The molecular formula is C11H21N3. The van der Waals surface area contributed by atoms with Crippen LogP contribution in [0.5, 0.6) is 0 Å². The third-order valence-electron chi connectivity index (χ3n) is 2.59. The zero-order chi connectivity index (χ0) is 10.7. The van der Waals surface area contributed by atoms with E-state index in [2.05, 4.69) is 31.2 Å². The molecule has 0 aromatic carbocycles. The van der Waals surface area contributed by atoms with Crippen LogP contribution in [0, 0.1) is 5.92 Å². The first kappa shape index (κ1) is 11.2. The first-order valence-corrected chi connectivity index (χ1v) is 5.24. The molecule has 1 N–H and O–H groups in total. The van der Waals surface area contributed by atoms with Crippen molar-refractivity contribution >= 4 is 0 Å². The molecular weight excluding hydrogens is 174 g/mol. The van der Waals surface area contributed by atoms with Gasteiger partial charge in [0.15, 0.2) is 0 Å². The Kier molecular flexibility index (Phi) is 3.69. The largest absolute Gasteiger partial charge is 0.313 e. The highest BCUT2D eigenvalue weighted by molar-refractivity contribution is 5.21. The lowest BCUT2D eigenvalue weighted by Crippen LogP contribution is -2.15. The molecule has 1 atom stereocenters.